The molecule has 106 valence electrons. The molecule has 0 radical (unpaired) electrons. The van der Waals surface area contributed by atoms with E-state index in [2.05, 4.69) is 60.4 Å². The minimum Gasteiger partial charge on any atom is -0.361 e. The van der Waals surface area contributed by atoms with Crippen molar-refractivity contribution in [2.24, 2.45) is 0 Å². The first-order valence-corrected chi connectivity index (χ1v) is 7.32. The zero-order chi connectivity index (χ0) is 14.7. The Morgan fingerprint density at radius 2 is 1.90 bits per heavy atom. The summed E-state index contributed by atoms with van der Waals surface area (Å²) in [5.41, 5.74) is 3.71. The Hall–Kier alpha value is -2.35. The summed E-state index contributed by atoms with van der Waals surface area (Å²) in [5, 5.41) is 8.81. The topological polar surface area (TPSA) is 39.6 Å². The van der Waals surface area contributed by atoms with Crippen LogP contribution in [0.25, 0.3) is 10.9 Å². The van der Waals surface area contributed by atoms with Crippen molar-refractivity contribution in [1.29, 1.82) is 5.41 Å². The number of H-pyrrole nitrogens is 1. The van der Waals surface area contributed by atoms with Gasteiger partial charge in [-0.3, -0.25) is 0 Å². The summed E-state index contributed by atoms with van der Waals surface area (Å²) in [7, 11) is 0. The molecule has 0 fully saturated rings. The highest BCUT2D eigenvalue weighted by atomic mass is 14.7. The lowest BCUT2D eigenvalue weighted by molar-refractivity contribution is 0.492. The molecule has 3 rings (SSSR count). The maximum Gasteiger partial charge on any atom is 0.0456 e. The van der Waals surface area contributed by atoms with Crippen LogP contribution in [0.1, 0.15) is 24.5 Å². The fraction of sp³-hybridized carbons (Fsp3) is 0.211. The van der Waals surface area contributed by atoms with E-state index in [-0.39, 0.29) is 5.41 Å². The molecule has 0 bridgehead atoms. The molecule has 0 amide bonds. The van der Waals surface area contributed by atoms with Crippen molar-refractivity contribution in [3.05, 3.63) is 71.9 Å². The van der Waals surface area contributed by atoms with Gasteiger partial charge in [0.25, 0.3) is 0 Å². The predicted octanol–water partition coefficient (Wildman–Crippen LogP) is 4.71. The number of aromatic nitrogens is 1. The van der Waals surface area contributed by atoms with Crippen LogP contribution >= 0.6 is 0 Å². The molecule has 0 spiro atoms. The van der Waals surface area contributed by atoms with Gasteiger partial charge in [0, 0.05) is 17.1 Å². The van der Waals surface area contributed by atoms with E-state index in [9.17, 15) is 0 Å². The molecule has 2 N–H and O–H groups in total. The Morgan fingerprint density at radius 1 is 1.10 bits per heavy atom. The number of benzene rings is 2. The number of hydrogen-bond acceptors (Lipinski definition) is 1. The molecule has 1 atom stereocenters. The molecule has 0 aliphatic heterocycles. The van der Waals surface area contributed by atoms with Crippen LogP contribution in [-0.2, 0) is 11.8 Å². The first-order valence-electron chi connectivity index (χ1n) is 7.32. The minimum atomic E-state index is -0.0532. The number of hydrogen-bond donors (Lipinski definition) is 2. The molecular weight excluding hydrogens is 256 g/mol. The van der Waals surface area contributed by atoms with Crippen LogP contribution in [0.3, 0.4) is 0 Å². The highest BCUT2D eigenvalue weighted by molar-refractivity contribution is 5.80. The van der Waals surface area contributed by atoms with E-state index < -0.39 is 0 Å². The van der Waals surface area contributed by atoms with Crippen molar-refractivity contribution in [3.8, 4) is 0 Å². The predicted molar refractivity (Wildman–Crippen MR) is 89.2 cm³/mol. The summed E-state index contributed by atoms with van der Waals surface area (Å²) in [6.45, 7) is 2.25. The lowest BCUT2D eigenvalue weighted by Crippen LogP contribution is -2.25. The maximum atomic E-state index is 7.57. The lowest BCUT2D eigenvalue weighted by Gasteiger charge is -2.29. The number of fused-ring (bicyclic) bond motifs is 1. The van der Waals surface area contributed by atoms with Gasteiger partial charge >= 0.3 is 0 Å². The van der Waals surface area contributed by atoms with Gasteiger partial charge in [0.2, 0.25) is 0 Å². The molecule has 2 heteroatoms. The molecule has 1 heterocycles. The van der Waals surface area contributed by atoms with Crippen LogP contribution in [0.15, 0.2) is 60.8 Å². The molecule has 3 aromatic rings. The van der Waals surface area contributed by atoms with Crippen molar-refractivity contribution >= 4 is 17.1 Å². The summed E-state index contributed by atoms with van der Waals surface area (Å²) in [6, 6.07) is 19.2. The van der Waals surface area contributed by atoms with Crippen LogP contribution in [0.2, 0.25) is 0 Å². The molecule has 0 saturated heterocycles. The second-order valence-electron chi connectivity index (χ2n) is 5.91. The number of rotatable bonds is 5. The van der Waals surface area contributed by atoms with Crippen molar-refractivity contribution in [2.45, 2.75) is 25.2 Å². The van der Waals surface area contributed by atoms with E-state index in [1.807, 2.05) is 12.3 Å². The van der Waals surface area contributed by atoms with Crippen LogP contribution in [0.5, 0.6) is 0 Å². The first-order chi connectivity index (χ1) is 10.2. The highest BCUT2D eigenvalue weighted by Gasteiger charge is 2.26. The average Bonchev–Trinajstić information content (AvgIpc) is 2.96. The summed E-state index contributed by atoms with van der Waals surface area (Å²) >= 11 is 0. The minimum absolute atomic E-state index is 0.0532. The van der Waals surface area contributed by atoms with E-state index in [0.29, 0.717) is 0 Å². The van der Waals surface area contributed by atoms with Gasteiger partial charge in [-0.25, -0.2) is 0 Å². The summed E-state index contributed by atoms with van der Waals surface area (Å²) in [5.74, 6) is 0. The Labute approximate surface area is 125 Å². The molecule has 0 saturated carbocycles. The van der Waals surface area contributed by atoms with Gasteiger partial charge in [-0.05, 0) is 47.7 Å². The van der Waals surface area contributed by atoms with Gasteiger partial charge in [-0.2, -0.15) is 0 Å². The van der Waals surface area contributed by atoms with Gasteiger partial charge < -0.3 is 10.4 Å². The van der Waals surface area contributed by atoms with Gasteiger partial charge in [0.1, 0.15) is 0 Å². The van der Waals surface area contributed by atoms with Crippen LogP contribution in [-0.4, -0.2) is 11.2 Å². The Bertz CT molecular complexity index is 742. The van der Waals surface area contributed by atoms with Crippen molar-refractivity contribution in [3.63, 3.8) is 0 Å². The van der Waals surface area contributed by atoms with E-state index in [0.717, 1.165) is 18.4 Å². The summed E-state index contributed by atoms with van der Waals surface area (Å²) < 4.78 is 0. The summed E-state index contributed by atoms with van der Waals surface area (Å²) in [6.07, 6.45) is 5.19. The quantitative estimate of drug-likeness (QED) is 0.634. The molecule has 0 aliphatic carbocycles. The molecule has 1 aromatic heterocycles. The van der Waals surface area contributed by atoms with E-state index >= 15 is 0 Å². The van der Waals surface area contributed by atoms with Gasteiger partial charge in [-0.15, -0.1) is 0 Å². The van der Waals surface area contributed by atoms with Crippen molar-refractivity contribution in [2.75, 3.05) is 0 Å². The Morgan fingerprint density at radius 3 is 2.67 bits per heavy atom. The van der Waals surface area contributed by atoms with Gasteiger partial charge in [-0.1, -0.05) is 49.4 Å². The van der Waals surface area contributed by atoms with Crippen LogP contribution in [0.4, 0.5) is 0 Å². The summed E-state index contributed by atoms with van der Waals surface area (Å²) in [4.78, 5) is 3.28. The monoisotopic (exact) mass is 276 g/mol. The molecule has 1 unspecified atom stereocenters. The Kier molecular flexibility index (Phi) is 3.61. The molecular formula is C19H20N2. The van der Waals surface area contributed by atoms with E-state index in [4.69, 9.17) is 5.41 Å². The number of nitrogens with one attached hydrogen (secondary N) is 2. The normalized spacial score (nSPS) is 14.0. The standard InChI is InChI=1S/C19H20N2/c1-19(10-11-20,14-15-5-3-2-4-6-15)17-8-7-16-9-12-21-18(16)13-17/h2-9,11-13,20-21H,10,14H2,1H3. The highest BCUT2D eigenvalue weighted by Crippen LogP contribution is 2.32. The average molecular weight is 276 g/mol. The van der Waals surface area contributed by atoms with Gasteiger partial charge in [0.05, 0.1) is 0 Å². The zero-order valence-corrected chi connectivity index (χ0v) is 12.3. The van der Waals surface area contributed by atoms with Crippen LogP contribution in [0, 0.1) is 5.41 Å². The van der Waals surface area contributed by atoms with Crippen molar-refractivity contribution in [1.82, 2.24) is 4.98 Å². The Balaban J connectivity index is 2.00. The third kappa shape index (κ3) is 2.75. The first kappa shape index (κ1) is 13.6. The van der Waals surface area contributed by atoms with Crippen LogP contribution < -0.4 is 0 Å². The smallest absolute Gasteiger partial charge is 0.0456 e. The van der Waals surface area contributed by atoms with E-state index in [1.165, 1.54) is 22.7 Å². The largest absolute Gasteiger partial charge is 0.361 e. The van der Waals surface area contributed by atoms with Gasteiger partial charge in [0.15, 0.2) is 0 Å². The molecule has 0 aliphatic rings. The fourth-order valence-electron chi connectivity index (χ4n) is 2.99. The molecule has 21 heavy (non-hydrogen) atoms. The van der Waals surface area contributed by atoms with Crippen molar-refractivity contribution < 1.29 is 0 Å². The fourth-order valence-corrected chi connectivity index (χ4v) is 2.99. The third-order valence-corrected chi connectivity index (χ3v) is 4.24. The SMILES string of the molecule is CC(CC=N)(Cc1ccccc1)c1ccc2cc[nH]c2c1. The maximum absolute atomic E-state index is 7.57. The lowest BCUT2D eigenvalue weighted by atomic mass is 9.75. The molecule has 2 nitrogen and oxygen atoms in total. The van der Waals surface area contributed by atoms with E-state index in [1.54, 1.807) is 0 Å². The molecule has 2 aromatic carbocycles. The number of aromatic amines is 1. The zero-order valence-electron chi connectivity index (χ0n) is 12.3. The second kappa shape index (κ2) is 5.57. The second-order valence-corrected chi connectivity index (χ2v) is 5.91. The third-order valence-electron chi connectivity index (χ3n) is 4.24.